The third-order valence-electron chi connectivity index (χ3n) is 10.4. The number of rotatable bonds is 13. The molecular weight excluding hydrogens is 614 g/mol. The summed E-state index contributed by atoms with van der Waals surface area (Å²) < 4.78 is 12.2. The third-order valence-corrected chi connectivity index (χ3v) is 10.4. The van der Waals surface area contributed by atoms with E-state index >= 15 is 0 Å². The van der Waals surface area contributed by atoms with Crippen LogP contribution >= 0.6 is 0 Å². The van der Waals surface area contributed by atoms with Crippen molar-refractivity contribution in [1.82, 2.24) is 15.5 Å². The fourth-order valence-electron chi connectivity index (χ4n) is 7.08. The number of hydrogen-bond acceptors (Lipinski definition) is 9. The van der Waals surface area contributed by atoms with Crippen molar-refractivity contribution in [2.45, 2.75) is 114 Å². The Morgan fingerprint density at radius 3 is 2.31 bits per heavy atom. The van der Waals surface area contributed by atoms with Gasteiger partial charge in [0.25, 0.3) is 0 Å². The average Bonchev–Trinajstić information content (AvgIpc) is 3.69. The Morgan fingerprint density at radius 1 is 0.979 bits per heavy atom. The van der Waals surface area contributed by atoms with E-state index in [-0.39, 0.29) is 18.4 Å². The number of hydrogen-bond donors (Lipinski definition) is 6. The highest BCUT2D eigenvalue weighted by Gasteiger charge is 2.71. The number of carbonyl (C=O) groups is 2. The van der Waals surface area contributed by atoms with Crippen molar-refractivity contribution < 1.29 is 39.5 Å². The van der Waals surface area contributed by atoms with Gasteiger partial charge in [0.15, 0.2) is 5.60 Å². The van der Waals surface area contributed by atoms with Crippen LogP contribution in [0.5, 0.6) is 0 Å². The lowest BCUT2D eigenvalue weighted by Crippen LogP contribution is -2.70. The summed E-state index contributed by atoms with van der Waals surface area (Å²) in [5.74, 6) is -2.08. The maximum atomic E-state index is 12.7. The van der Waals surface area contributed by atoms with Gasteiger partial charge < -0.3 is 45.4 Å². The standard InChI is InChI=1S/C37H53N3O8/c1-24-11-16-28(37-32(44)30(42)31(43)36(48-37,23-47-37)35(4,5)46)22-27(24)21-26-14-12-25(13-15-26)9-8-10-29(41)39-34(2,3)33(45)38-17-20-40-18-6-7-19-40/h11-16,22,30-32,42-44,46H,6-10,17-21,23H2,1-5H3,(H,38,45)(H,39,41)/t30-,31-,32+,36-,37-/m0/s1. The molecule has 2 amide bonds. The first-order chi connectivity index (χ1) is 22.6. The molecule has 6 N–H and O–H groups in total. The molecule has 0 saturated carbocycles. The van der Waals surface area contributed by atoms with Crippen LogP contribution in [0.4, 0.5) is 0 Å². The Bertz CT molecular complexity index is 1450. The molecule has 2 aromatic rings. The molecule has 0 spiro atoms. The van der Waals surface area contributed by atoms with Gasteiger partial charge in [-0.3, -0.25) is 9.59 Å². The van der Waals surface area contributed by atoms with Gasteiger partial charge >= 0.3 is 0 Å². The number of amides is 2. The smallest absolute Gasteiger partial charge is 0.245 e. The number of aliphatic hydroxyl groups is 4. The molecule has 2 aromatic carbocycles. The van der Waals surface area contributed by atoms with Crippen molar-refractivity contribution in [3.8, 4) is 0 Å². The van der Waals surface area contributed by atoms with Gasteiger partial charge in [-0.1, -0.05) is 36.4 Å². The van der Waals surface area contributed by atoms with Crippen molar-refractivity contribution in [2.75, 3.05) is 32.8 Å². The van der Waals surface area contributed by atoms with E-state index in [1.165, 1.54) is 26.7 Å². The number of aliphatic hydroxyl groups excluding tert-OH is 3. The number of carbonyl (C=O) groups excluding carboxylic acids is 2. The summed E-state index contributed by atoms with van der Waals surface area (Å²) in [6.45, 7) is 11.8. The van der Waals surface area contributed by atoms with E-state index in [0.717, 1.165) is 48.3 Å². The fraction of sp³-hybridized carbons (Fsp3) is 0.622. The minimum absolute atomic E-state index is 0.152. The predicted octanol–water partition coefficient (Wildman–Crippen LogP) is 1.82. The van der Waals surface area contributed by atoms with E-state index in [0.29, 0.717) is 31.4 Å². The lowest BCUT2D eigenvalue weighted by Gasteiger charge is -2.50. The molecule has 0 aliphatic carbocycles. The molecule has 11 nitrogen and oxygen atoms in total. The van der Waals surface area contributed by atoms with Crippen LogP contribution < -0.4 is 10.6 Å². The van der Waals surface area contributed by atoms with Crippen LogP contribution in [-0.4, -0.2) is 105 Å². The van der Waals surface area contributed by atoms with E-state index in [9.17, 15) is 30.0 Å². The van der Waals surface area contributed by atoms with Crippen molar-refractivity contribution in [1.29, 1.82) is 0 Å². The zero-order valence-electron chi connectivity index (χ0n) is 28.9. The Kier molecular flexibility index (Phi) is 10.7. The zero-order chi connectivity index (χ0) is 34.9. The summed E-state index contributed by atoms with van der Waals surface area (Å²) in [5, 5.41) is 49.3. The molecule has 11 heteroatoms. The van der Waals surface area contributed by atoms with E-state index in [2.05, 4.69) is 15.5 Å². The van der Waals surface area contributed by atoms with Crippen molar-refractivity contribution in [3.05, 3.63) is 70.3 Å². The summed E-state index contributed by atoms with van der Waals surface area (Å²) >= 11 is 0. The normalized spacial score (nSPS) is 27.6. The SMILES string of the molecule is Cc1ccc([C@]23OC[C@](C(C)(C)O)(O2)[C@@H](O)[C@H](O)[C@H]3O)cc1Cc1ccc(CCCC(=O)NC(C)(C)C(=O)NCCN2CCCC2)cc1. The highest BCUT2D eigenvalue weighted by molar-refractivity contribution is 5.90. The predicted molar refractivity (Wildman–Crippen MR) is 180 cm³/mol. The summed E-state index contributed by atoms with van der Waals surface area (Å²) in [4.78, 5) is 27.7. The van der Waals surface area contributed by atoms with Gasteiger partial charge in [0, 0.05) is 25.1 Å². The number of nitrogens with zero attached hydrogens (tertiary/aromatic N) is 1. The maximum Gasteiger partial charge on any atom is 0.245 e. The number of likely N-dealkylation sites (tertiary alicyclic amines) is 1. The van der Waals surface area contributed by atoms with Crippen LogP contribution in [0.2, 0.25) is 0 Å². The quantitative estimate of drug-likeness (QED) is 0.187. The van der Waals surface area contributed by atoms with E-state index in [1.807, 2.05) is 43.3 Å². The summed E-state index contributed by atoms with van der Waals surface area (Å²) in [6.07, 6.45) is -0.0178. The number of aryl methyl sites for hydroxylation is 2. The van der Waals surface area contributed by atoms with Gasteiger partial charge in [-0.2, -0.15) is 0 Å². The second-order valence-corrected chi connectivity index (χ2v) is 14.9. The van der Waals surface area contributed by atoms with Crippen LogP contribution in [0.15, 0.2) is 42.5 Å². The largest absolute Gasteiger partial charge is 0.387 e. The van der Waals surface area contributed by atoms with Gasteiger partial charge in [-0.25, -0.2) is 0 Å². The highest BCUT2D eigenvalue weighted by Crippen LogP contribution is 2.53. The topological polar surface area (TPSA) is 161 Å². The summed E-state index contributed by atoms with van der Waals surface area (Å²) in [5.41, 5.74) is 0.475. The Hall–Kier alpha value is -2.90. The summed E-state index contributed by atoms with van der Waals surface area (Å²) in [7, 11) is 0. The third kappa shape index (κ3) is 7.33. The molecule has 0 unspecified atom stereocenters. The first-order valence-electron chi connectivity index (χ1n) is 17.2. The van der Waals surface area contributed by atoms with Crippen LogP contribution in [0.3, 0.4) is 0 Å². The van der Waals surface area contributed by atoms with Crippen LogP contribution in [0, 0.1) is 6.92 Å². The molecule has 3 saturated heterocycles. The molecule has 3 aliphatic rings. The molecule has 48 heavy (non-hydrogen) atoms. The first kappa shape index (κ1) is 36.4. The van der Waals surface area contributed by atoms with E-state index in [4.69, 9.17) is 9.47 Å². The Morgan fingerprint density at radius 2 is 1.65 bits per heavy atom. The Balaban J connectivity index is 1.14. The molecule has 5 rings (SSSR count). The summed E-state index contributed by atoms with van der Waals surface area (Å²) in [6, 6.07) is 13.7. The monoisotopic (exact) mass is 667 g/mol. The molecule has 5 atom stereocenters. The molecule has 0 aromatic heterocycles. The maximum absolute atomic E-state index is 12.7. The molecule has 3 heterocycles. The van der Waals surface area contributed by atoms with E-state index in [1.54, 1.807) is 19.9 Å². The lowest BCUT2D eigenvalue weighted by atomic mass is 9.75. The zero-order valence-corrected chi connectivity index (χ0v) is 28.9. The molecule has 3 fully saturated rings. The van der Waals surface area contributed by atoms with Crippen molar-refractivity contribution in [3.63, 3.8) is 0 Å². The minimum Gasteiger partial charge on any atom is -0.387 e. The molecule has 2 bridgehead atoms. The number of fused-ring (bicyclic) bond motifs is 2. The molecule has 264 valence electrons. The lowest BCUT2D eigenvalue weighted by molar-refractivity contribution is -0.348. The second kappa shape index (κ2) is 14.1. The van der Waals surface area contributed by atoms with Gasteiger partial charge in [0.1, 0.15) is 23.9 Å². The van der Waals surface area contributed by atoms with E-state index < -0.39 is 40.8 Å². The average molecular weight is 668 g/mol. The number of nitrogens with one attached hydrogen (secondary N) is 2. The Labute approximate surface area is 283 Å². The number of benzene rings is 2. The van der Waals surface area contributed by atoms with Crippen LogP contribution in [0.25, 0.3) is 0 Å². The molecular formula is C37H53N3O8. The van der Waals surface area contributed by atoms with Crippen LogP contribution in [0.1, 0.15) is 81.2 Å². The van der Waals surface area contributed by atoms with Gasteiger partial charge in [-0.15, -0.1) is 0 Å². The molecule has 3 aliphatic heterocycles. The highest BCUT2D eigenvalue weighted by atomic mass is 16.8. The molecule has 0 radical (unpaired) electrons. The number of ether oxygens (including phenoxy) is 2. The van der Waals surface area contributed by atoms with Crippen molar-refractivity contribution >= 4 is 11.8 Å². The van der Waals surface area contributed by atoms with Gasteiger partial charge in [0.2, 0.25) is 17.6 Å². The fourth-order valence-corrected chi connectivity index (χ4v) is 7.08. The van der Waals surface area contributed by atoms with Gasteiger partial charge in [0.05, 0.1) is 12.2 Å². The van der Waals surface area contributed by atoms with Crippen LogP contribution in [-0.2, 0) is 37.7 Å². The minimum atomic E-state index is -1.75. The second-order valence-electron chi connectivity index (χ2n) is 14.9. The first-order valence-corrected chi connectivity index (χ1v) is 17.2. The van der Waals surface area contributed by atoms with Crippen molar-refractivity contribution in [2.24, 2.45) is 0 Å². The van der Waals surface area contributed by atoms with Gasteiger partial charge in [-0.05, 0) is 108 Å².